The Bertz CT molecular complexity index is 251. The molecule has 0 aromatic carbocycles. The number of ether oxygens (including phenoxy) is 2. The number of hydrogen-bond acceptors (Lipinski definition) is 4. The van der Waals surface area contributed by atoms with Crippen LogP contribution in [0.2, 0.25) is 0 Å². The van der Waals surface area contributed by atoms with Crippen LogP contribution in [0.4, 0.5) is 0 Å². The lowest BCUT2D eigenvalue weighted by Gasteiger charge is -2.40. The maximum atomic E-state index is 5.77. The summed E-state index contributed by atoms with van der Waals surface area (Å²) in [6.07, 6.45) is 5.20. The summed E-state index contributed by atoms with van der Waals surface area (Å²) in [5, 5.41) is 3.70. The van der Waals surface area contributed by atoms with E-state index >= 15 is 0 Å². The lowest BCUT2D eigenvalue weighted by molar-refractivity contribution is -0.0257. The van der Waals surface area contributed by atoms with Crippen LogP contribution < -0.4 is 5.32 Å². The molecule has 1 aliphatic heterocycles. The Balaban J connectivity index is 1.77. The van der Waals surface area contributed by atoms with Gasteiger partial charge in [0.1, 0.15) is 0 Å². The van der Waals surface area contributed by atoms with Gasteiger partial charge in [0.2, 0.25) is 0 Å². The number of nitrogens with zero attached hydrogens (tertiary/aromatic N) is 1. The zero-order valence-electron chi connectivity index (χ0n) is 12.6. The molecule has 4 heteroatoms. The Hall–Kier alpha value is -0.160. The first-order chi connectivity index (χ1) is 9.24. The quantitative estimate of drug-likeness (QED) is 0.644. The SMILES string of the molecule is CCOCCN(C)CC1(CNC2CC2)CCCOC1. The third kappa shape index (κ3) is 5.38. The van der Waals surface area contributed by atoms with Crippen molar-refractivity contribution in [1.29, 1.82) is 0 Å². The van der Waals surface area contributed by atoms with E-state index in [1.165, 1.54) is 25.7 Å². The van der Waals surface area contributed by atoms with Gasteiger partial charge >= 0.3 is 0 Å². The maximum Gasteiger partial charge on any atom is 0.0593 e. The monoisotopic (exact) mass is 270 g/mol. The van der Waals surface area contributed by atoms with Gasteiger partial charge in [-0.25, -0.2) is 0 Å². The Labute approximate surface area is 117 Å². The highest BCUT2D eigenvalue weighted by Gasteiger charge is 2.35. The first-order valence-electron chi connectivity index (χ1n) is 7.81. The van der Waals surface area contributed by atoms with E-state index in [2.05, 4.69) is 24.2 Å². The maximum absolute atomic E-state index is 5.77. The summed E-state index contributed by atoms with van der Waals surface area (Å²) >= 11 is 0. The van der Waals surface area contributed by atoms with Crippen molar-refractivity contribution in [3.05, 3.63) is 0 Å². The van der Waals surface area contributed by atoms with Gasteiger partial charge in [-0.3, -0.25) is 0 Å². The van der Waals surface area contributed by atoms with Crippen molar-refractivity contribution in [2.75, 3.05) is 53.1 Å². The van der Waals surface area contributed by atoms with Crippen LogP contribution >= 0.6 is 0 Å². The summed E-state index contributed by atoms with van der Waals surface area (Å²) in [6, 6.07) is 0.785. The van der Waals surface area contributed by atoms with E-state index in [4.69, 9.17) is 9.47 Å². The van der Waals surface area contributed by atoms with Crippen LogP contribution in [0.15, 0.2) is 0 Å². The molecule has 0 bridgehead atoms. The van der Waals surface area contributed by atoms with Crippen LogP contribution in [0.25, 0.3) is 0 Å². The Morgan fingerprint density at radius 1 is 1.42 bits per heavy atom. The number of nitrogens with one attached hydrogen (secondary N) is 1. The molecule has 19 heavy (non-hydrogen) atoms. The van der Waals surface area contributed by atoms with Crippen molar-refractivity contribution in [2.24, 2.45) is 5.41 Å². The molecule has 0 amide bonds. The molecule has 1 saturated carbocycles. The van der Waals surface area contributed by atoms with Crippen molar-refractivity contribution in [1.82, 2.24) is 10.2 Å². The fourth-order valence-corrected chi connectivity index (χ4v) is 2.89. The molecule has 0 radical (unpaired) electrons. The van der Waals surface area contributed by atoms with E-state index in [1.54, 1.807) is 0 Å². The Kier molecular flexibility index (Phi) is 6.07. The van der Waals surface area contributed by atoms with Crippen LogP contribution in [-0.2, 0) is 9.47 Å². The lowest BCUT2D eigenvalue weighted by Crippen LogP contribution is -2.49. The first kappa shape index (κ1) is 15.2. The highest BCUT2D eigenvalue weighted by molar-refractivity contribution is 4.90. The van der Waals surface area contributed by atoms with Gasteiger partial charge < -0.3 is 19.7 Å². The zero-order chi connectivity index (χ0) is 13.6. The van der Waals surface area contributed by atoms with Crippen LogP contribution in [0, 0.1) is 5.41 Å². The molecule has 1 heterocycles. The molecule has 4 nitrogen and oxygen atoms in total. The van der Waals surface area contributed by atoms with Crippen LogP contribution in [0.1, 0.15) is 32.6 Å². The third-order valence-corrected chi connectivity index (χ3v) is 4.17. The van der Waals surface area contributed by atoms with Gasteiger partial charge in [-0.05, 0) is 39.7 Å². The molecule has 2 aliphatic rings. The molecule has 0 spiro atoms. The van der Waals surface area contributed by atoms with Crippen molar-refractivity contribution in [3.8, 4) is 0 Å². The lowest BCUT2D eigenvalue weighted by atomic mass is 9.81. The van der Waals surface area contributed by atoms with E-state index in [0.29, 0.717) is 5.41 Å². The molecule has 0 aromatic rings. The van der Waals surface area contributed by atoms with E-state index < -0.39 is 0 Å². The minimum atomic E-state index is 0.307. The Morgan fingerprint density at radius 2 is 2.26 bits per heavy atom. The molecule has 1 unspecified atom stereocenters. The smallest absolute Gasteiger partial charge is 0.0593 e. The van der Waals surface area contributed by atoms with Crippen molar-refractivity contribution < 1.29 is 9.47 Å². The molecular weight excluding hydrogens is 240 g/mol. The molecule has 112 valence electrons. The third-order valence-electron chi connectivity index (χ3n) is 4.17. The molecule has 1 atom stereocenters. The van der Waals surface area contributed by atoms with Gasteiger partial charge in [0, 0.05) is 44.3 Å². The summed E-state index contributed by atoms with van der Waals surface area (Å²) in [5.41, 5.74) is 0.307. The highest BCUT2D eigenvalue weighted by Crippen LogP contribution is 2.30. The van der Waals surface area contributed by atoms with Crippen LogP contribution in [-0.4, -0.2) is 64.1 Å². The summed E-state index contributed by atoms with van der Waals surface area (Å²) in [7, 11) is 2.20. The fraction of sp³-hybridized carbons (Fsp3) is 1.00. The molecule has 2 fully saturated rings. The topological polar surface area (TPSA) is 33.7 Å². The van der Waals surface area contributed by atoms with Gasteiger partial charge in [0.15, 0.2) is 0 Å². The van der Waals surface area contributed by atoms with Gasteiger partial charge in [0.05, 0.1) is 13.2 Å². The molecule has 1 aliphatic carbocycles. The second-order valence-corrected chi connectivity index (χ2v) is 6.25. The van der Waals surface area contributed by atoms with Gasteiger partial charge in [0.25, 0.3) is 0 Å². The second kappa shape index (κ2) is 7.58. The number of hydrogen-bond donors (Lipinski definition) is 1. The largest absolute Gasteiger partial charge is 0.381 e. The van der Waals surface area contributed by atoms with Crippen molar-refractivity contribution in [2.45, 2.75) is 38.6 Å². The summed E-state index contributed by atoms with van der Waals surface area (Å²) in [5.74, 6) is 0. The minimum Gasteiger partial charge on any atom is -0.381 e. The first-order valence-corrected chi connectivity index (χ1v) is 7.81. The average molecular weight is 270 g/mol. The summed E-state index contributed by atoms with van der Waals surface area (Å²) in [4.78, 5) is 2.40. The van der Waals surface area contributed by atoms with Crippen LogP contribution in [0.5, 0.6) is 0 Å². The van der Waals surface area contributed by atoms with E-state index in [1.807, 2.05) is 0 Å². The van der Waals surface area contributed by atoms with Crippen molar-refractivity contribution in [3.63, 3.8) is 0 Å². The zero-order valence-corrected chi connectivity index (χ0v) is 12.6. The van der Waals surface area contributed by atoms with Gasteiger partial charge in [-0.2, -0.15) is 0 Å². The summed E-state index contributed by atoms with van der Waals surface area (Å²) in [6.45, 7) is 8.77. The minimum absolute atomic E-state index is 0.307. The Morgan fingerprint density at radius 3 is 2.89 bits per heavy atom. The van der Waals surface area contributed by atoms with E-state index in [9.17, 15) is 0 Å². The highest BCUT2D eigenvalue weighted by atomic mass is 16.5. The molecule has 1 saturated heterocycles. The molecule has 1 N–H and O–H groups in total. The fourth-order valence-electron chi connectivity index (χ4n) is 2.89. The van der Waals surface area contributed by atoms with Crippen molar-refractivity contribution >= 4 is 0 Å². The van der Waals surface area contributed by atoms with E-state index in [0.717, 1.165) is 52.1 Å². The molecular formula is C15H30N2O2. The van der Waals surface area contributed by atoms with Gasteiger partial charge in [-0.15, -0.1) is 0 Å². The average Bonchev–Trinajstić information content (AvgIpc) is 3.22. The summed E-state index contributed by atoms with van der Waals surface area (Å²) < 4.78 is 11.2. The molecule has 0 aromatic heterocycles. The standard InChI is InChI=1S/C15H30N2O2/c1-3-18-10-8-17(2)12-15(7-4-9-19-13-15)11-16-14-5-6-14/h14,16H,3-13H2,1-2H3. The second-order valence-electron chi connectivity index (χ2n) is 6.25. The normalized spacial score (nSPS) is 27.9. The van der Waals surface area contributed by atoms with Crippen LogP contribution in [0.3, 0.4) is 0 Å². The number of likely N-dealkylation sites (N-methyl/N-ethyl adjacent to an activating group) is 1. The predicted molar refractivity (Wildman–Crippen MR) is 77.5 cm³/mol. The number of rotatable bonds is 9. The van der Waals surface area contributed by atoms with E-state index in [-0.39, 0.29) is 0 Å². The predicted octanol–water partition coefficient (Wildman–Crippen LogP) is 1.50. The van der Waals surface area contributed by atoms with Gasteiger partial charge in [-0.1, -0.05) is 0 Å². The molecule has 2 rings (SSSR count).